The fourth-order valence-corrected chi connectivity index (χ4v) is 5.11. The van der Waals surface area contributed by atoms with E-state index in [1.165, 1.54) is 36.9 Å². The first-order valence-corrected chi connectivity index (χ1v) is 12.0. The van der Waals surface area contributed by atoms with Crippen LogP contribution in [0.1, 0.15) is 60.0 Å². The lowest BCUT2D eigenvalue weighted by Crippen LogP contribution is -2.21. The van der Waals surface area contributed by atoms with Gasteiger partial charge in [0.1, 0.15) is 5.76 Å². The number of aryl methyl sites for hydroxylation is 1. The van der Waals surface area contributed by atoms with Crippen LogP contribution in [0.5, 0.6) is 0 Å². The molecular weight excluding hydrogens is 438 g/mol. The number of rotatable bonds is 6. The quantitative estimate of drug-likeness (QED) is 0.402. The first-order valence-electron chi connectivity index (χ1n) is 11.1. The normalized spacial score (nSPS) is 14.5. The monoisotopic (exact) mass is 463 g/mol. The highest BCUT2D eigenvalue weighted by molar-refractivity contribution is 7.14. The predicted octanol–water partition coefficient (Wildman–Crippen LogP) is 5.33. The first kappa shape index (κ1) is 21.4. The lowest BCUT2D eigenvalue weighted by atomic mass is 9.95. The summed E-state index contributed by atoms with van der Waals surface area (Å²) in [5.41, 5.74) is 2.99. The lowest BCUT2D eigenvalue weighted by Gasteiger charge is -2.25. The molecule has 2 N–H and O–H groups in total. The molecule has 5 rings (SSSR count). The SMILES string of the molecule is Cc1occc1C(=O)Nc1nc(CC(=O)Nc2nc3ccccc3n2C2CCCCC2)cs1. The van der Waals surface area contributed by atoms with Gasteiger partial charge < -0.3 is 8.98 Å². The van der Waals surface area contributed by atoms with Crippen molar-refractivity contribution in [1.29, 1.82) is 0 Å². The number of anilines is 2. The van der Waals surface area contributed by atoms with E-state index >= 15 is 0 Å². The number of nitrogens with one attached hydrogen (secondary N) is 2. The molecule has 1 aliphatic carbocycles. The fraction of sp³-hybridized carbons (Fsp3) is 0.333. The van der Waals surface area contributed by atoms with Crippen LogP contribution in [0.15, 0.2) is 46.4 Å². The third kappa shape index (κ3) is 4.54. The molecule has 4 aromatic rings. The Labute approximate surface area is 195 Å². The Morgan fingerprint density at radius 3 is 2.73 bits per heavy atom. The van der Waals surface area contributed by atoms with Gasteiger partial charge in [-0.3, -0.25) is 20.2 Å². The maximum atomic E-state index is 12.9. The van der Waals surface area contributed by atoms with Gasteiger partial charge in [-0.1, -0.05) is 31.4 Å². The molecule has 8 nitrogen and oxygen atoms in total. The number of hydrogen-bond acceptors (Lipinski definition) is 6. The standard InChI is InChI=1S/C24H25N5O3S/c1-15-18(11-12-32-15)22(31)28-24-25-16(14-33-24)13-21(30)27-23-26-19-9-5-6-10-20(19)29(23)17-7-3-2-4-8-17/h5-6,9-12,14,17H,2-4,7-8,13H2,1H3,(H,25,28,31)(H,26,27,30). The first-order chi connectivity index (χ1) is 16.1. The Morgan fingerprint density at radius 2 is 1.94 bits per heavy atom. The van der Waals surface area contributed by atoms with Gasteiger partial charge in [-0.2, -0.15) is 0 Å². The van der Waals surface area contributed by atoms with Crippen molar-refractivity contribution < 1.29 is 14.0 Å². The Kier molecular flexibility index (Phi) is 5.95. The molecule has 0 bridgehead atoms. The molecule has 9 heteroatoms. The van der Waals surface area contributed by atoms with E-state index in [4.69, 9.17) is 9.40 Å². The largest absolute Gasteiger partial charge is 0.469 e. The summed E-state index contributed by atoms with van der Waals surface area (Å²) in [5, 5.41) is 7.98. The van der Waals surface area contributed by atoms with Gasteiger partial charge in [0.2, 0.25) is 11.9 Å². The number of furan rings is 1. The van der Waals surface area contributed by atoms with Gasteiger partial charge in [0, 0.05) is 11.4 Å². The Balaban J connectivity index is 1.29. The minimum Gasteiger partial charge on any atom is -0.469 e. The zero-order chi connectivity index (χ0) is 22.8. The van der Waals surface area contributed by atoms with E-state index in [1.807, 2.05) is 18.2 Å². The van der Waals surface area contributed by atoms with Crippen LogP contribution >= 0.6 is 11.3 Å². The highest BCUT2D eigenvalue weighted by Gasteiger charge is 2.23. The summed E-state index contributed by atoms with van der Waals surface area (Å²) in [7, 11) is 0. The number of amides is 2. The van der Waals surface area contributed by atoms with Crippen LogP contribution in [0, 0.1) is 6.92 Å². The van der Waals surface area contributed by atoms with E-state index in [9.17, 15) is 9.59 Å². The van der Waals surface area contributed by atoms with Crippen molar-refractivity contribution in [3.8, 4) is 0 Å². The summed E-state index contributed by atoms with van der Waals surface area (Å²) < 4.78 is 7.36. The van der Waals surface area contributed by atoms with E-state index < -0.39 is 0 Å². The highest BCUT2D eigenvalue weighted by atomic mass is 32.1. The van der Waals surface area contributed by atoms with Crippen molar-refractivity contribution in [3.05, 3.63) is 59.0 Å². The van der Waals surface area contributed by atoms with Crippen LogP contribution in [0.4, 0.5) is 11.1 Å². The molecule has 0 spiro atoms. The Bertz CT molecular complexity index is 1300. The average molecular weight is 464 g/mol. The summed E-state index contributed by atoms with van der Waals surface area (Å²) >= 11 is 1.28. The molecule has 0 atom stereocenters. The fourth-order valence-electron chi connectivity index (χ4n) is 4.41. The van der Waals surface area contributed by atoms with Gasteiger partial charge in [-0.05, 0) is 38.0 Å². The number of carbonyl (C=O) groups excluding carboxylic acids is 2. The minimum atomic E-state index is -0.284. The molecule has 0 saturated heterocycles. The van der Waals surface area contributed by atoms with Gasteiger partial charge in [0.05, 0.1) is 35.0 Å². The smallest absolute Gasteiger partial charge is 0.260 e. The number of imidazole rings is 1. The van der Waals surface area contributed by atoms with E-state index in [0.717, 1.165) is 23.9 Å². The van der Waals surface area contributed by atoms with Gasteiger partial charge in [0.15, 0.2) is 5.13 Å². The van der Waals surface area contributed by atoms with Crippen LogP contribution in [0.3, 0.4) is 0 Å². The molecule has 0 radical (unpaired) electrons. The van der Waals surface area contributed by atoms with Crippen molar-refractivity contribution >= 4 is 45.3 Å². The third-order valence-electron chi connectivity index (χ3n) is 6.00. The molecule has 33 heavy (non-hydrogen) atoms. The van der Waals surface area contributed by atoms with Gasteiger partial charge in [0.25, 0.3) is 5.91 Å². The molecule has 0 aliphatic heterocycles. The summed E-state index contributed by atoms with van der Waals surface area (Å²) in [4.78, 5) is 34.3. The second-order valence-corrected chi connectivity index (χ2v) is 9.16. The van der Waals surface area contributed by atoms with Crippen molar-refractivity contribution in [2.24, 2.45) is 0 Å². The van der Waals surface area contributed by atoms with Gasteiger partial charge in [-0.15, -0.1) is 11.3 Å². The number of carbonyl (C=O) groups is 2. The Morgan fingerprint density at radius 1 is 1.12 bits per heavy atom. The number of para-hydroxylation sites is 2. The minimum absolute atomic E-state index is 0.102. The molecule has 170 valence electrons. The number of aromatic nitrogens is 3. The van der Waals surface area contributed by atoms with Crippen molar-refractivity contribution in [2.45, 2.75) is 51.5 Å². The molecule has 0 unspecified atom stereocenters. The summed E-state index contributed by atoms with van der Waals surface area (Å²) in [5.74, 6) is 0.667. The topological polar surface area (TPSA) is 102 Å². The third-order valence-corrected chi connectivity index (χ3v) is 6.81. The molecule has 3 aromatic heterocycles. The lowest BCUT2D eigenvalue weighted by molar-refractivity contribution is -0.115. The van der Waals surface area contributed by atoms with Crippen LogP contribution in [0.2, 0.25) is 0 Å². The number of benzene rings is 1. The maximum Gasteiger partial charge on any atom is 0.260 e. The van der Waals surface area contributed by atoms with Crippen molar-refractivity contribution in [1.82, 2.24) is 14.5 Å². The summed E-state index contributed by atoms with van der Waals surface area (Å²) in [6, 6.07) is 9.96. The molecule has 1 saturated carbocycles. The van der Waals surface area contributed by atoms with E-state index in [2.05, 4.69) is 26.3 Å². The van der Waals surface area contributed by atoms with Gasteiger partial charge in [-0.25, -0.2) is 9.97 Å². The Hall–Kier alpha value is -3.46. The molecule has 1 aromatic carbocycles. The summed E-state index contributed by atoms with van der Waals surface area (Å²) in [6.07, 6.45) is 7.40. The number of thiazole rings is 1. The second kappa shape index (κ2) is 9.19. The molecular formula is C24H25N5O3S. The zero-order valence-corrected chi connectivity index (χ0v) is 19.2. The van der Waals surface area contributed by atoms with E-state index in [-0.39, 0.29) is 18.2 Å². The number of fused-ring (bicyclic) bond motifs is 1. The molecule has 1 aliphatic rings. The molecule has 1 fully saturated rings. The van der Waals surface area contributed by atoms with Gasteiger partial charge >= 0.3 is 0 Å². The summed E-state index contributed by atoms with van der Waals surface area (Å²) in [6.45, 7) is 1.73. The average Bonchev–Trinajstić information content (AvgIpc) is 3.52. The second-order valence-electron chi connectivity index (χ2n) is 8.30. The number of nitrogens with zero attached hydrogens (tertiary/aromatic N) is 3. The highest BCUT2D eigenvalue weighted by Crippen LogP contribution is 2.34. The van der Waals surface area contributed by atoms with Crippen molar-refractivity contribution in [2.75, 3.05) is 10.6 Å². The number of hydrogen-bond donors (Lipinski definition) is 2. The zero-order valence-electron chi connectivity index (χ0n) is 18.3. The molecule has 3 heterocycles. The predicted molar refractivity (Wildman–Crippen MR) is 128 cm³/mol. The van der Waals surface area contributed by atoms with Crippen molar-refractivity contribution in [3.63, 3.8) is 0 Å². The van der Waals surface area contributed by atoms with Crippen LogP contribution < -0.4 is 10.6 Å². The van der Waals surface area contributed by atoms with Crippen LogP contribution in [0.25, 0.3) is 11.0 Å². The van der Waals surface area contributed by atoms with E-state index in [1.54, 1.807) is 18.4 Å². The molecule has 2 amide bonds. The van der Waals surface area contributed by atoms with Crippen LogP contribution in [-0.4, -0.2) is 26.3 Å². The maximum absolute atomic E-state index is 12.9. The van der Waals surface area contributed by atoms with E-state index in [0.29, 0.717) is 34.1 Å². The van der Waals surface area contributed by atoms with Crippen LogP contribution in [-0.2, 0) is 11.2 Å².